The number of nitrogens with zero attached hydrogens (tertiary/aromatic N) is 3. The van der Waals surface area contributed by atoms with Crippen LogP contribution in [-0.4, -0.2) is 28.8 Å². The van der Waals surface area contributed by atoms with Gasteiger partial charge >= 0.3 is 0 Å². The van der Waals surface area contributed by atoms with E-state index in [0.29, 0.717) is 11.5 Å². The van der Waals surface area contributed by atoms with Crippen LogP contribution in [0.5, 0.6) is 5.75 Å². The van der Waals surface area contributed by atoms with Crippen LogP contribution in [0.25, 0.3) is 0 Å². The molecule has 1 amide bonds. The predicted octanol–water partition coefficient (Wildman–Crippen LogP) is 4.06. The van der Waals surface area contributed by atoms with Crippen LogP contribution in [0.3, 0.4) is 0 Å². The molecule has 3 heterocycles. The molecule has 1 aliphatic rings. The Labute approximate surface area is 170 Å². The van der Waals surface area contributed by atoms with Gasteiger partial charge in [-0.05, 0) is 44.9 Å². The lowest BCUT2D eigenvalue weighted by atomic mass is 10.2. The normalized spacial score (nSPS) is 13.7. The van der Waals surface area contributed by atoms with E-state index in [-0.39, 0.29) is 12.5 Å². The molecule has 0 radical (unpaired) electrons. The van der Waals surface area contributed by atoms with Crippen LogP contribution >= 0.6 is 0 Å². The molecule has 0 unspecified atom stereocenters. The van der Waals surface area contributed by atoms with Gasteiger partial charge in [0.1, 0.15) is 23.8 Å². The van der Waals surface area contributed by atoms with Crippen LogP contribution in [0.2, 0.25) is 0 Å². The van der Waals surface area contributed by atoms with Crippen LogP contribution < -0.4 is 15.0 Å². The van der Waals surface area contributed by atoms with Gasteiger partial charge in [-0.3, -0.25) is 9.48 Å². The zero-order valence-electron chi connectivity index (χ0n) is 17.1. The third-order valence-electron chi connectivity index (χ3n) is 5.26. The first-order valence-corrected chi connectivity index (χ1v) is 9.90. The molecule has 3 aromatic rings. The van der Waals surface area contributed by atoms with Gasteiger partial charge in [0.05, 0.1) is 5.69 Å². The fourth-order valence-corrected chi connectivity index (χ4v) is 3.57. The molecule has 1 saturated heterocycles. The number of para-hydroxylation sites is 1. The Balaban J connectivity index is 1.50. The molecule has 7 nitrogen and oxygen atoms in total. The predicted molar refractivity (Wildman–Crippen MR) is 112 cm³/mol. The van der Waals surface area contributed by atoms with Crippen LogP contribution in [0.1, 0.15) is 40.4 Å². The summed E-state index contributed by atoms with van der Waals surface area (Å²) in [6, 6.07) is 11.4. The zero-order valence-corrected chi connectivity index (χ0v) is 17.1. The Morgan fingerprint density at radius 1 is 1.21 bits per heavy atom. The molecule has 1 aromatic carbocycles. The SMILES string of the molecule is Cc1cc(COc2ccccc2)oc1C(=O)Nc1c(N2CCCC2)nn(C)c1C. The van der Waals surface area contributed by atoms with Crippen LogP contribution in [-0.2, 0) is 13.7 Å². The smallest absolute Gasteiger partial charge is 0.291 e. The minimum atomic E-state index is -0.273. The third kappa shape index (κ3) is 3.99. The van der Waals surface area contributed by atoms with Crippen molar-refractivity contribution in [3.63, 3.8) is 0 Å². The summed E-state index contributed by atoms with van der Waals surface area (Å²) in [6.45, 7) is 6.00. The number of aromatic nitrogens is 2. The highest BCUT2D eigenvalue weighted by Gasteiger charge is 2.25. The Hall–Kier alpha value is -3.22. The van der Waals surface area contributed by atoms with Crippen molar-refractivity contribution in [2.45, 2.75) is 33.3 Å². The fourth-order valence-electron chi connectivity index (χ4n) is 3.57. The van der Waals surface area contributed by atoms with E-state index in [1.807, 2.05) is 57.3 Å². The number of ether oxygens (including phenoxy) is 1. The van der Waals surface area contributed by atoms with E-state index >= 15 is 0 Å². The first-order valence-electron chi connectivity index (χ1n) is 9.90. The average molecular weight is 394 g/mol. The molecule has 1 aliphatic heterocycles. The molecule has 1 fully saturated rings. The number of amides is 1. The highest BCUT2D eigenvalue weighted by atomic mass is 16.5. The lowest BCUT2D eigenvalue weighted by Crippen LogP contribution is -2.21. The number of benzene rings is 1. The minimum Gasteiger partial charge on any atom is -0.486 e. The highest BCUT2D eigenvalue weighted by molar-refractivity contribution is 6.05. The number of furan rings is 1. The van der Waals surface area contributed by atoms with Crippen molar-refractivity contribution in [2.24, 2.45) is 7.05 Å². The minimum absolute atomic E-state index is 0.267. The van der Waals surface area contributed by atoms with Crippen molar-refractivity contribution >= 4 is 17.4 Å². The average Bonchev–Trinajstić information content (AvgIpc) is 3.44. The Kier molecular flexibility index (Phi) is 5.29. The van der Waals surface area contributed by atoms with Gasteiger partial charge in [0.25, 0.3) is 5.91 Å². The molecular weight excluding hydrogens is 368 g/mol. The number of carbonyl (C=O) groups is 1. The van der Waals surface area contributed by atoms with E-state index in [1.54, 1.807) is 4.68 Å². The summed E-state index contributed by atoms with van der Waals surface area (Å²) in [5, 5.41) is 7.63. The summed E-state index contributed by atoms with van der Waals surface area (Å²) in [6.07, 6.45) is 2.29. The topological polar surface area (TPSA) is 72.5 Å². The summed E-state index contributed by atoms with van der Waals surface area (Å²) in [5.74, 6) is 2.22. The molecule has 7 heteroatoms. The van der Waals surface area contributed by atoms with Gasteiger partial charge in [-0.15, -0.1) is 0 Å². The number of nitrogens with one attached hydrogen (secondary N) is 1. The molecule has 0 atom stereocenters. The molecule has 29 heavy (non-hydrogen) atoms. The molecule has 4 rings (SSSR count). The first-order chi connectivity index (χ1) is 14.0. The van der Waals surface area contributed by atoms with Crippen molar-refractivity contribution in [3.8, 4) is 5.75 Å². The molecule has 1 N–H and O–H groups in total. The number of hydrogen-bond donors (Lipinski definition) is 1. The second kappa shape index (κ2) is 8.03. The van der Waals surface area contributed by atoms with Crippen molar-refractivity contribution in [1.29, 1.82) is 0 Å². The Bertz CT molecular complexity index is 1000. The molecule has 152 valence electrons. The zero-order chi connectivity index (χ0) is 20.4. The van der Waals surface area contributed by atoms with E-state index in [1.165, 1.54) is 0 Å². The van der Waals surface area contributed by atoms with Crippen LogP contribution in [0, 0.1) is 13.8 Å². The molecule has 0 bridgehead atoms. The van der Waals surface area contributed by atoms with Gasteiger partial charge in [0.2, 0.25) is 0 Å². The van der Waals surface area contributed by atoms with Crippen molar-refractivity contribution in [3.05, 3.63) is 59.2 Å². The summed E-state index contributed by atoms with van der Waals surface area (Å²) in [5.41, 5.74) is 2.44. The van der Waals surface area contributed by atoms with Gasteiger partial charge in [-0.1, -0.05) is 18.2 Å². The van der Waals surface area contributed by atoms with Gasteiger partial charge < -0.3 is 19.4 Å². The van der Waals surface area contributed by atoms with Gasteiger partial charge in [-0.25, -0.2) is 0 Å². The first kappa shape index (κ1) is 19.1. The second-order valence-corrected chi connectivity index (χ2v) is 7.38. The fraction of sp³-hybridized carbons (Fsp3) is 0.364. The van der Waals surface area contributed by atoms with Crippen molar-refractivity contribution in [1.82, 2.24) is 9.78 Å². The number of aryl methyl sites for hydroxylation is 2. The van der Waals surface area contributed by atoms with Crippen LogP contribution in [0.4, 0.5) is 11.5 Å². The quantitative estimate of drug-likeness (QED) is 0.683. The highest BCUT2D eigenvalue weighted by Crippen LogP contribution is 2.31. The molecule has 0 spiro atoms. The number of carbonyl (C=O) groups excluding carboxylic acids is 1. The van der Waals surface area contributed by atoms with E-state index in [2.05, 4.69) is 15.3 Å². The lowest BCUT2D eigenvalue weighted by Gasteiger charge is -2.16. The van der Waals surface area contributed by atoms with Crippen molar-refractivity contribution < 1.29 is 13.9 Å². The summed E-state index contributed by atoms with van der Waals surface area (Å²) >= 11 is 0. The van der Waals surface area contributed by atoms with Gasteiger partial charge in [0, 0.05) is 25.7 Å². The summed E-state index contributed by atoms with van der Waals surface area (Å²) in [7, 11) is 1.89. The van der Waals surface area contributed by atoms with Crippen molar-refractivity contribution in [2.75, 3.05) is 23.3 Å². The number of hydrogen-bond acceptors (Lipinski definition) is 5. The second-order valence-electron chi connectivity index (χ2n) is 7.38. The van der Waals surface area contributed by atoms with E-state index in [4.69, 9.17) is 9.15 Å². The van der Waals surface area contributed by atoms with Gasteiger partial charge in [0.15, 0.2) is 11.6 Å². The molecule has 2 aromatic heterocycles. The summed E-state index contributed by atoms with van der Waals surface area (Å²) in [4.78, 5) is 15.2. The number of rotatable bonds is 6. The standard InChI is InChI=1S/C22H26N4O3/c1-15-13-18(14-28-17-9-5-4-6-10-17)29-20(15)22(27)23-19-16(2)25(3)24-21(19)26-11-7-8-12-26/h4-6,9-10,13H,7-8,11-12,14H2,1-3H3,(H,23,27). The number of anilines is 2. The maximum Gasteiger partial charge on any atom is 0.291 e. The largest absolute Gasteiger partial charge is 0.486 e. The molecular formula is C22H26N4O3. The lowest BCUT2D eigenvalue weighted by molar-refractivity contribution is 0.0991. The summed E-state index contributed by atoms with van der Waals surface area (Å²) < 4.78 is 13.3. The van der Waals surface area contributed by atoms with E-state index in [0.717, 1.165) is 54.4 Å². The molecule has 0 saturated carbocycles. The Morgan fingerprint density at radius 2 is 1.93 bits per heavy atom. The third-order valence-corrected chi connectivity index (χ3v) is 5.26. The molecule has 0 aliphatic carbocycles. The van der Waals surface area contributed by atoms with E-state index < -0.39 is 0 Å². The maximum atomic E-state index is 12.9. The van der Waals surface area contributed by atoms with Crippen LogP contribution in [0.15, 0.2) is 40.8 Å². The van der Waals surface area contributed by atoms with Gasteiger partial charge in [-0.2, -0.15) is 5.10 Å². The van der Waals surface area contributed by atoms with E-state index in [9.17, 15) is 4.79 Å². The maximum absolute atomic E-state index is 12.9. The Morgan fingerprint density at radius 3 is 2.66 bits per heavy atom. The monoisotopic (exact) mass is 394 g/mol.